The molecule has 3 aromatic rings. The van der Waals surface area contributed by atoms with Gasteiger partial charge in [0, 0.05) is 39.0 Å². The van der Waals surface area contributed by atoms with E-state index in [2.05, 4.69) is 34.9 Å². The highest BCUT2D eigenvalue weighted by Gasteiger charge is 2.45. The zero-order valence-electron chi connectivity index (χ0n) is 38.2. The number of amides is 6. The lowest BCUT2D eigenvalue weighted by atomic mass is 9.98. The Labute approximate surface area is 390 Å². The maximum Gasteiger partial charge on any atom is 0.409 e. The molecule has 6 amide bonds. The standard InChI is InChI=1S/C49H62N4O14/c1-52(49(59)67-34-40-37-12-6-4-10-35(37)36-11-5-7-13-38(36)40)19-21-61-23-25-63-27-29-65-31-33-66-32-30-64-28-26-62-24-22-60-20-8-2-3-16-43(54)50-41-15-9-14-39-45(41)48(58)53(47(39)57)42-17-18-44(55)51-46(42)56/h4-7,9-15,40,42H,2-3,8,16-34H2,1H3,(H,50,54)(H,51,55,56). The van der Waals surface area contributed by atoms with Crippen LogP contribution in [0.2, 0.25) is 0 Å². The molecule has 18 nitrogen and oxygen atoms in total. The zero-order chi connectivity index (χ0) is 47.2. The summed E-state index contributed by atoms with van der Waals surface area (Å²) in [5.74, 6) is -2.71. The molecule has 1 saturated heterocycles. The minimum atomic E-state index is -1.08. The molecule has 3 aromatic carbocycles. The van der Waals surface area contributed by atoms with Crippen LogP contribution in [0.1, 0.15) is 76.3 Å². The van der Waals surface area contributed by atoms with Gasteiger partial charge in [0.25, 0.3) is 11.8 Å². The van der Waals surface area contributed by atoms with Crippen LogP contribution < -0.4 is 10.6 Å². The largest absolute Gasteiger partial charge is 0.448 e. The lowest BCUT2D eigenvalue weighted by Crippen LogP contribution is -2.54. The molecule has 1 unspecified atom stereocenters. The minimum Gasteiger partial charge on any atom is -0.448 e. The first kappa shape index (κ1) is 50.8. The van der Waals surface area contributed by atoms with Crippen LogP contribution >= 0.6 is 0 Å². The Balaban J connectivity index is 0.655. The van der Waals surface area contributed by atoms with Crippen LogP contribution in [-0.2, 0) is 52.3 Å². The number of likely N-dealkylation sites (N-methyl/N-ethyl adjacent to an activating group) is 1. The van der Waals surface area contributed by atoms with Crippen molar-refractivity contribution in [2.24, 2.45) is 0 Å². The molecule has 3 aliphatic rings. The summed E-state index contributed by atoms with van der Waals surface area (Å²) in [6.45, 7) is 6.81. The number of carbonyl (C=O) groups excluding carboxylic acids is 6. The maximum absolute atomic E-state index is 13.2. The topological polar surface area (TPSA) is 207 Å². The van der Waals surface area contributed by atoms with E-state index in [4.69, 9.17) is 37.9 Å². The zero-order valence-corrected chi connectivity index (χ0v) is 38.2. The van der Waals surface area contributed by atoms with E-state index in [1.165, 1.54) is 33.2 Å². The minimum absolute atomic E-state index is 0.0216. The Morgan fingerprint density at radius 2 is 1.15 bits per heavy atom. The average Bonchev–Trinajstić information content (AvgIpc) is 3.79. The van der Waals surface area contributed by atoms with Crippen LogP contribution in [0.4, 0.5) is 10.5 Å². The molecule has 0 saturated carbocycles. The Kier molecular flexibility index (Phi) is 20.7. The van der Waals surface area contributed by atoms with Gasteiger partial charge in [0.1, 0.15) is 12.6 Å². The summed E-state index contributed by atoms with van der Waals surface area (Å²) in [4.78, 5) is 77.8. The van der Waals surface area contributed by atoms with Crippen LogP contribution in [0.25, 0.3) is 11.1 Å². The lowest BCUT2D eigenvalue weighted by Gasteiger charge is -2.27. The summed E-state index contributed by atoms with van der Waals surface area (Å²) in [5.41, 5.74) is 5.12. The van der Waals surface area contributed by atoms with E-state index < -0.39 is 29.7 Å². The number of hydrogen-bond acceptors (Lipinski definition) is 14. The van der Waals surface area contributed by atoms with Gasteiger partial charge in [-0.2, -0.15) is 0 Å². The van der Waals surface area contributed by atoms with E-state index in [0.29, 0.717) is 105 Å². The molecule has 362 valence electrons. The van der Waals surface area contributed by atoms with E-state index in [0.717, 1.165) is 17.7 Å². The van der Waals surface area contributed by atoms with Crippen LogP contribution in [-0.4, -0.2) is 164 Å². The highest BCUT2D eigenvalue weighted by Crippen LogP contribution is 2.44. The summed E-state index contributed by atoms with van der Waals surface area (Å²) >= 11 is 0. The van der Waals surface area contributed by atoms with Gasteiger partial charge in [-0.25, -0.2) is 4.79 Å². The monoisotopic (exact) mass is 930 g/mol. The van der Waals surface area contributed by atoms with E-state index in [9.17, 15) is 28.8 Å². The summed E-state index contributed by atoms with van der Waals surface area (Å²) in [5, 5.41) is 4.91. The number of unbranched alkanes of at least 4 members (excludes halogenated alkanes) is 2. The van der Waals surface area contributed by atoms with E-state index in [-0.39, 0.29) is 60.6 Å². The fraction of sp³-hybridized carbons (Fsp3) is 0.510. The van der Waals surface area contributed by atoms with Crippen molar-refractivity contribution in [3.05, 3.63) is 89.0 Å². The number of benzene rings is 3. The molecule has 2 N–H and O–H groups in total. The number of ether oxygens (including phenoxy) is 8. The summed E-state index contributed by atoms with van der Waals surface area (Å²) < 4.78 is 44.6. The Bertz CT molecular complexity index is 2090. The van der Waals surface area contributed by atoms with Crippen molar-refractivity contribution in [2.75, 3.05) is 118 Å². The van der Waals surface area contributed by atoms with Gasteiger partial charge in [0.05, 0.1) is 103 Å². The number of imide groups is 2. The van der Waals surface area contributed by atoms with Crippen molar-refractivity contribution in [2.45, 2.75) is 50.5 Å². The van der Waals surface area contributed by atoms with Gasteiger partial charge >= 0.3 is 6.09 Å². The third kappa shape index (κ3) is 14.9. The molecule has 1 atom stereocenters. The Morgan fingerprint density at radius 3 is 1.72 bits per heavy atom. The first-order valence-electron chi connectivity index (χ1n) is 23.0. The summed E-state index contributed by atoms with van der Waals surface area (Å²) in [7, 11) is 1.70. The summed E-state index contributed by atoms with van der Waals surface area (Å²) in [6.07, 6.45) is 2.03. The highest BCUT2D eigenvalue weighted by atomic mass is 16.6. The molecule has 1 fully saturated rings. The Morgan fingerprint density at radius 1 is 0.627 bits per heavy atom. The number of anilines is 1. The molecule has 67 heavy (non-hydrogen) atoms. The van der Waals surface area contributed by atoms with Crippen molar-refractivity contribution in [1.82, 2.24) is 15.1 Å². The van der Waals surface area contributed by atoms with E-state index in [1.807, 2.05) is 24.3 Å². The summed E-state index contributed by atoms with van der Waals surface area (Å²) in [6, 6.07) is 20.0. The van der Waals surface area contributed by atoms with Crippen LogP contribution in [0.15, 0.2) is 66.7 Å². The quantitative estimate of drug-likeness (QED) is 0.0670. The van der Waals surface area contributed by atoms with Gasteiger partial charge in [-0.15, -0.1) is 0 Å². The molecule has 1 aliphatic carbocycles. The number of nitrogens with zero attached hydrogens (tertiary/aromatic N) is 2. The number of carbonyl (C=O) groups is 6. The number of hydrogen-bond donors (Lipinski definition) is 2. The highest BCUT2D eigenvalue weighted by molar-refractivity contribution is 6.26. The fourth-order valence-corrected chi connectivity index (χ4v) is 7.92. The van der Waals surface area contributed by atoms with Crippen LogP contribution in [0, 0.1) is 0 Å². The molecule has 2 heterocycles. The molecular weight excluding hydrogens is 869 g/mol. The second kappa shape index (κ2) is 27.3. The van der Waals surface area contributed by atoms with E-state index in [1.54, 1.807) is 19.2 Å². The van der Waals surface area contributed by atoms with Gasteiger partial charge < -0.3 is 48.1 Å². The SMILES string of the molecule is CN(CCOCCOCCOCCOCCOCCOCCOCCCCCC(=O)Nc1cccc2c1C(=O)N(C1CCC(=O)NC1=O)C2=O)C(=O)OCC1c2ccccc2-c2ccccc21. The normalized spacial score (nSPS) is 15.4. The molecular formula is C49H62N4O14. The predicted octanol–water partition coefficient (Wildman–Crippen LogP) is 4.58. The molecule has 0 aromatic heterocycles. The number of nitrogens with one attached hydrogen (secondary N) is 2. The molecule has 6 rings (SSSR count). The molecule has 0 spiro atoms. The third-order valence-corrected chi connectivity index (χ3v) is 11.4. The molecule has 0 radical (unpaired) electrons. The molecule has 0 bridgehead atoms. The second-order valence-electron chi connectivity index (χ2n) is 16.0. The number of rotatable bonds is 31. The van der Waals surface area contributed by atoms with Gasteiger partial charge in [-0.3, -0.25) is 34.2 Å². The van der Waals surface area contributed by atoms with Crippen LogP contribution in [0.5, 0.6) is 0 Å². The number of fused-ring (bicyclic) bond motifs is 4. The fourth-order valence-electron chi connectivity index (χ4n) is 7.92. The second-order valence-corrected chi connectivity index (χ2v) is 16.0. The molecule has 2 aliphatic heterocycles. The molecule has 18 heteroatoms. The average molecular weight is 931 g/mol. The maximum atomic E-state index is 13.2. The van der Waals surface area contributed by atoms with Crippen molar-refractivity contribution >= 4 is 41.3 Å². The van der Waals surface area contributed by atoms with Crippen molar-refractivity contribution < 1.29 is 66.7 Å². The van der Waals surface area contributed by atoms with Gasteiger partial charge in [-0.1, -0.05) is 61.0 Å². The van der Waals surface area contributed by atoms with E-state index >= 15 is 0 Å². The van der Waals surface area contributed by atoms with Gasteiger partial charge in [0.2, 0.25) is 17.7 Å². The van der Waals surface area contributed by atoms with Crippen molar-refractivity contribution in [3.63, 3.8) is 0 Å². The van der Waals surface area contributed by atoms with Crippen molar-refractivity contribution in [1.29, 1.82) is 0 Å². The predicted molar refractivity (Wildman–Crippen MR) is 244 cm³/mol. The first-order chi connectivity index (χ1) is 32.7. The first-order valence-corrected chi connectivity index (χ1v) is 23.0. The lowest BCUT2D eigenvalue weighted by molar-refractivity contribution is -0.136. The van der Waals surface area contributed by atoms with Gasteiger partial charge in [-0.05, 0) is 53.6 Å². The third-order valence-electron chi connectivity index (χ3n) is 11.4. The van der Waals surface area contributed by atoms with Crippen molar-refractivity contribution in [3.8, 4) is 11.1 Å². The van der Waals surface area contributed by atoms with Crippen LogP contribution in [0.3, 0.4) is 0 Å². The smallest absolute Gasteiger partial charge is 0.409 e. The Hall–Kier alpha value is -5.60. The van der Waals surface area contributed by atoms with Gasteiger partial charge in [0.15, 0.2) is 0 Å². The number of piperidine rings is 1.